The molecule has 1 saturated heterocycles. The van der Waals surface area contributed by atoms with Crippen LogP contribution in [-0.4, -0.2) is 57.6 Å². The molecule has 0 radical (unpaired) electrons. The van der Waals surface area contributed by atoms with Gasteiger partial charge in [0, 0.05) is 0 Å². The molecule has 0 aromatic carbocycles. The van der Waals surface area contributed by atoms with Gasteiger partial charge in [-0.25, -0.2) is 0 Å². The van der Waals surface area contributed by atoms with Gasteiger partial charge in [-0.05, 0) is 6.92 Å². The number of ether oxygens (including phenoxy) is 1. The van der Waals surface area contributed by atoms with E-state index in [1.54, 1.807) is 6.92 Å². The molecule has 1 aliphatic rings. The highest BCUT2D eigenvalue weighted by Crippen LogP contribution is 2.20. The number of aliphatic hydroxyl groups excluding tert-OH is 4. The highest BCUT2D eigenvalue weighted by molar-refractivity contribution is 4.89. The van der Waals surface area contributed by atoms with E-state index in [1.165, 1.54) is 0 Å². The van der Waals surface area contributed by atoms with Crippen LogP contribution < -0.4 is 0 Å². The lowest BCUT2D eigenvalue weighted by Gasteiger charge is -2.38. The van der Waals surface area contributed by atoms with Gasteiger partial charge in [-0.1, -0.05) is 0 Å². The van der Waals surface area contributed by atoms with Crippen molar-refractivity contribution in [2.75, 3.05) is 6.61 Å². The summed E-state index contributed by atoms with van der Waals surface area (Å²) in [6.45, 7) is 1.21. The van der Waals surface area contributed by atoms with Gasteiger partial charge in [-0.3, -0.25) is 0 Å². The first-order chi connectivity index (χ1) is 5.57. The summed E-state index contributed by atoms with van der Waals surface area (Å²) in [5, 5.41) is 36.4. The fourth-order valence-corrected chi connectivity index (χ4v) is 1.29. The standard InChI is InChI=1S/C7H14O5/c1-3-5(9)7(11)6(10)4(2-8)12-3/h3-11H,2H2,1H3/t3-,4?,5?,6-,7+/m1/s1. The molecule has 12 heavy (non-hydrogen) atoms. The Labute approximate surface area is 70.2 Å². The molecular weight excluding hydrogens is 164 g/mol. The van der Waals surface area contributed by atoms with Gasteiger partial charge >= 0.3 is 0 Å². The van der Waals surface area contributed by atoms with Crippen LogP contribution in [0.4, 0.5) is 0 Å². The van der Waals surface area contributed by atoms with Crippen LogP contribution in [0, 0.1) is 0 Å². The monoisotopic (exact) mass is 178 g/mol. The Kier molecular flexibility index (Phi) is 3.03. The average Bonchev–Trinajstić information content (AvgIpc) is 2.08. The third kappa shape index (κ3) is 1.60. The first-order valence-corrected chi connectivity index (χ1v) is 3.88. The molecule has 0 spiro atoms. The Balaban J connectivity index is 2.63. The molecule has 5 nitrogen and oxygen atoms in total. The Morgan fingerprint density at radius 3 is 2.17 bits per heavy atom. The number of hydrogen-bond acceptors (Lipinski definition) is 5. The van der Waals surface area contributed by atoms with Crippen LogP contribution in [0.5, 0.6) is 0 Å². The van der Waals surface area contributed by atoms with Crippen molar-refractivity contribution in [2.24, 2.45) is 0 Å². The molecule has 0 aliphatic carbocycles. The maximum absolute atomic E-state index is 9.23. The molecule has 5 atom stereocenters. The summed E-state index contributed by atoms with van der Waals surface area (Å²) in [4.78, 5) is 0. The normalized spacial score (nSPS) is 49.2. The van der Waals surface area contributed by atoms with Gasteiger partial charge in [0.1, 0.15) is 24.4 Å². The lowest BCUT2D eigenvalue weighted by Crippen LogP contribution is -2.57. The second-order valence-electron chi connectivity index (χ2n) is 3.03. The van der Waals surface area contributed by atoms with Gasteiger partial charge in [0.25, 0.3) is 0 Å². The predicted octanol–water partition coefficient (Wildman–Crippen LogP) is -2.15. The zero-order chi connectivity index (χ0) is 9.30. The summed E-state index contributed by atoms with van der Waals surface area (Å²) < 4.78 is 5.02. The van der Waals surface area contributed by atoms with Crippen molar-refractivity contribution in [1.82, 2.24) is 0 Å². The topological polar surface area (TPSA) is 90.2 Å². The Morgan fingerprint density at radius 1 is 1.08 bits per heavy atom. The van der Waals surface area contributed by atoms with Crippen molar-refractivity contribution >= 4 is 0 Å². The first-order valence-electron chi connectivity index (χ1n) is 3.88. The van der Waals surface area contributed by atoms with Gasteiger partial charge in [-0.2, -0.15) is 0 Å². The van der Waals surface area contributed by atoms with Crippen LogP contribution in [0.1, 0.15) is 6.92 Å². The van der Waals surface area contributed by atoms with Gasteiger partial charge in [-0.15, -0.1) is 0 Å². The summed E-state index contributed by atoms with van der Waals surface area (Å²) >= 11 is 0. The molecule has 1 rings (SSSR count). The van der Waals surface area contributed by atoms with E-state index in [4.69, 9.17) is 9.84 Å². The van der Waals surface area contributed by atoms with Crippen molar-refractivity contribution in [3.63, 3.8) is 0 Å². The van der Waals surface area contributed by atoms with Crippen LogP contribution in [0.15, 0.2) is 0 Å². The zero-order valence-corrected chi connectivity index (χ0v) is 6.79. The average molecular weight is 178 g/mol. The molecule has 5 heteroatoms. The molecule has 2 unspecified atom stereocenters. The van der Waals surface area contributed by atoms with Gasteiger partial charge in [0.15, 0.2) is 0 Å². The molecule has 0 aromatic rings. The fraction of sp³-hybridized carbons (Fsp3) is 1.00. The summed E-state index contributed by atoms with van der Waals surface area (Å²) in [6.07, 6.45) is -4.94. The Hall–Kier alpha value is -0.200. The number of aliphatic hydroxyl groups is 4. The van der Waals surface area contributed by atoms with Crippen LogP contribution in [0.25, 0.3) is 0 Å². The van der Waals surface area contributed by atoms with E-state index in [0.717, 1.165) is 0 Å². The van der Waals surface area contributed by atoms with E-state index >= 15 is 0 Å². The molecule has 4 N–H and O–H groups in total. The van der Waals surface area contributed by atoms with E-state index < -0.39 is 30.5 Å². The van der Waals surface area contributed by atoms with Crippen molar-refractivity contribution in [2.45, 2.75) is 37.4 Å². The second kappa shape index (κ2) is 3.68. The second-order valence-corrected chi connectivity index (χ2v) is 3.03. The quantitative estimate of drug-likeness (QED) is 0.367. The Morgan fingerprint density at radius 2 is 1.67 bits per heavy atom. The Bertz CT molecular complexity index is 146. The number of rotatable bonds is 1. The molecule has 1 aliphatic heterocycles. The van der Waals surface area contributed by atoms with Crippen molar-refractivity contribution < 1.29 is 25.2 Å². The van der Waals surface area contributed by atoms with Crippen molar-refractivity contribution in [1.29, 1.82) is 0 Å². The molecule has 72 valence electrons. The van der Waals surface area contributed by atoms with E-state index in [-0.39, 0.29) is 6.61 Å². The van der Waals surface area contributed by atoms with Crippen LogP contribution in [-0.2, 0) is 4.74 Å². The highest BCUT2D eigenvalue weighted by Gasteiger charge is 2.41. The number of hydrogen-bond donors (Lipinski definition) is 4. The smallest absolute Gasteiger partial charge is 0.111 e. The minimum atomic E-state index is -1.24. The van der Waals surface area contributed by atoms with Gasteiger partial charge in [0.2, 0.25) is 0 Å². The summed E-state index contributed by atoms with van der Waals surface area (Å²) in [5.74, 6) is 0. The molecule has 0 saturated carbocycles. The summed E-state index contributed by atoms with van der Waals surface area (Å²) in [6, 6.07) is 0. The zero-order valence-electron chi connectivity index (χ0n) is 6.79. The van der Waals surface area contributed by atoms with Crippen molar-refractivity contribution in [3.05, 3.63) is 0 Å². The van der Waals surface area contributed by atoms with Gasteiger partial charge < -0.3 is 25.2 Å². The minimum Gasteiger partial charge on any atom is -0.394 e. The molecule has 0 amide bonds. The highest BCUT2D eigenvalue weighted by atomic mass is 16.5. The summed E-state index contributed by atoms with van der Waals surface area (Å²) in [7, 11) is 0. The summed E-state index contributed by atoms with van der Waals surface area (Å²) in [5.41, 5.74) is 0. The van der Waals surface area contributed by atoms with E-state index in [2.05, 4.69) is 0 Å². The molecule has 1 heterocycles. The molecule has 1 fully saturated rings. The van der Waals surface area contributed by atoms with Crippen LogP contribution >= 0.6 is 0 Å². The molecule has 0 bridgehead atoms. The van der Waals surface area contributed by atoms with Crippen molar-refractivity contribution in [3.8, 4) is 0 Å². The maximum Gasteiger partial charge on any atom is 0.111 e. The third-order valence-corrected chi connectivity index (χ3v) is 2.13. The van der Waals surface area contributed by atoms with Gasteiger partial charge in [0.05, 0.1) is 12.7 Å². The van der Waals surface area contributed by atoms with E-state index in [1.807, 2.05) is 0 Å². The maximum atomic E-state index is 9.23. The molecular formula is C7H14O5. The lowest BCUT2D eigenvalue weighted by atomic mass is 9.96. The largest absolute Gasteiger partial charge is 0.394 e. The SMILES string of the molecule is C[C@H]1OC(CO)[C@@H](O)[C@@H](O)C1O. The van der Waals surface area contributed by atoms with E-state index in [0.29, 0.717) is 0 Å². The van der Waals surface area contributed by atoms with E-state index in [9.17, 15) is 15.3 Å². The first kappa shape index (κ1) is 9.88. The molecule has 0 aromatic heterocycles. The fourth-order valence-electron chi connectivity index (χ4n) is 1.29. The minimum absolute atomic E-state index is 0.366. The van der Waals surface area contributed by atoms with Crippen LogP contribution in [0.2, 0.25) is 0 Å². The van der Waals surface area contributed by atoms with Crippen LogP contribution in [0.3, 0.4) is 0 Å². The third-order valence-electron chi connectivity index (χ3n) is 2.13. The predicted molar refractivity (Wildman–Crippen MR) is 39.4 cm³/mol. The lowest BCUT2D eigenvalue weighted by molar-refractivity contribution is -0.224.